The summed E-state index contributed by atoms with van der Waals surface area (Å²) in [5.41, 5.74) is 7.30. The third-order valence-electron chi connectivity index (χ3n) is 3.21. The zero-order valence-electron chi connectivity index (χ0n) is 9.83. The maximum atomic E-state index is 13.1. The van der Waals surface area contributed by atoms with Crippen molar-refractivity contribution in [3.8, 4) is 0 Å². The molecule has 0 saturated carbocycles. The quantitative estimate of drug-likeness (QED) is 0.817. The van der Waals surface area contributed by atoms with Crippen LogP contribution in [0.2, 0.25) is 0 Å². The smallest absolute Gasteiger partial charge is 0.307 e. The molecule has 0 radical (unpaired) electrons. The normalized spacial score (nSPS) is 22.3. The van der Waals surface area contributed by atoms with Gasteiger partial charge in [0.1, 0.15) is 5.82 Å². The lowest BCUT2D eigenvalue weighted by molar-refractivity contribution is -0.144. The maximum absolute atomic E-state index is 13.1. The van der Waals surface area contributed by atoms with Crippen molar-refractivity contribution < 1.29 is 13.9 Å². The molecule has 92 valence electrons. The van der Waals surface area contributed by atoms with E-state index in [9.17, 15) is 9.18 Å². The molecule has 0 heterocycles. The molecule has 2 N–H and O–H groups in total. The van der Waals surface area contributed by atoms with Crippen molar-refractivity contribution in [2.45, 2.75) is 31.7 Å². The first-order valence-electron chi connectivity index (χ1n) is 5.78. The molecule has 17 heavy (non-hydrogen) atoms. The van der Waals surface area contributed by atoms with E-state index in [1.165, 1.54) is 12.1 Å². The number of hydrogen-bond donors (Lipinski definition) is 1. The van der Waals surface area contributed by atoms with E-state index < -0.39 is 5.54 Å². The second-order valence-corrected chi connectivity index (χ2v) is 4.44. The highest BCUT2D eigenvalue weighted by atomic mass is 19.1. The first kappa shape index (κ1) is 12.0. The summed E-state index contributed by atoms with van der Waals surface area (Å²) >= 11 is 0. The Bertz CT molecular complexity index is 447. The van der Waals surface area contributed by atoms with Gasteiger partial charge in [-0.25, -0.2) is 4.39 Å². The first-order valence-corrected chi connectivity index (χ1v) is 5.78. The van der Waals surface area contributed by atoms with Crippen LogP contribution in [0.5, 0.6) is 0 Å². The summed E-state index contributed by atoms with van der Waals surface area (Å²) < 4.78 is 18.0. The highest BCUT2D eigenvalue weighted by Gasteiger charge is 2.37. The Morgan fingerprint density at radius 1 is 1.59 bits per heavy atom. The van der Waals surface area contributed by atoms with Gasteiger partial charge in [-0.1, -0.05) is 6.07 Å². The molecule has 0 aliphatic heterocycles. The minimum Gasteiger partial charge on any atom is -0.466 e. The molecule has 0 fully saturated rings. The predicted molar refractivity (Wildman–Crippen MR) is 61.8 cm³/mol. The Morgan fingerprint density at radius 3 is 3.06 bits per heavy atom. The number of aryl methyl sites for hydroxylation is 1. The number of carbonyl (C=O) groups is 1. The molecular weight excluding hydrogens is 221 g/mol. The van der Waals surface area contributed by atoms with Crippen LogP contribution in [0.3, 0.4) is 0 Å². The van der Waals surface area contributed by atoms with Gasteiger partial charge >= 0.3 is 5.97 Å². The number of esters is 1. The van der Waals surface area contributed by atoms with Gasteiger partial charge in [0.15, 0.2) is 0 Å². The molecule has 2 rings (SSSR count). The van der Waals surface area contributed by atoms with Crippen LogP contribution in [0, 0.1) is 5.82 Å². The Hall–Kier alpha value is -1.42. The SMILES string of the molecule is CCOC(=O)CC1(N)CCc2cc(F)ccc21. The second-order valence-electron chi connectivity index (χ2n) is 4.44. The van der Waals surface area contributed by atoms with E-state index in [1.807, 2.05) is 0 Å². The molecule has 0 bridgehead atoms. The largest absolute Gasteiger partial charge is 0.466 e. The molecule has 3 nitrogen and oxygen atoms in total. The molecule has 0 amide bonds. The summed E-state index contributed by atoms with van der Waals surface area (Å²) in [4.78, 5) is 11.5. The van der Waals surface area contributed by atoms with Crippen LogP contribution in [0.4, 0.5) is 4.39 Å². The molecule has 1 unspecified atom stereocenters. The van der Waals surface area contributed by atoms with E-state index in [0.29, 0.717) is 19.4 Å². The van der Waals surface area contributed by atoms with Gasteiger partial charge in [0.05, 0.1) is 18.6 Å². The fraction of sp³-hybridized carbons (Fsp3) is 0.462. The summed E-state index contributed by atoms with van der Waals surface area (Å²) in [7, 11) is 0. The van der Waals surface area contributed by atoms with Crippen LogP contribution in [0.15, 0.2) is 18.2 Å². The van der Waals surface area contributed by atoms with Crippen LogP contribution in [0.25, 0.3) is 0 Å². The Morgan fingerprint density at radius 2 is 2.35 bits per heavy atom. The second kappa shape index (κ2) is 4.45. The van der Waals surface area contributed by atoms with Crippen molar-refractivity contribution in [3.05, 3.63) is 35.1 Å². The van der Waals surface area contributed by atoms with E-state index in [-0.39, 0.29) is 18.2 Å². The van der Waals surface area contributed by atoms with Gasteiger partial charge < -0.3 is 10.5 Å². The fourth-order valence-electron chi connectivity index (χ4n) is 2.40. The number of halogens is 1. The summed E-state index contributed by atoms with van der Waals surface area (Å²) in [6, 6.07) is 4.56. The van der Waals surface area contributed by atoms with Crippen LogP contribution >= 0.6 is 0 Å². The lowest BCUT2D eigenvalue weighted by atomic mass is 9.89. The zero-order chi connectivity index (χ0) is 12.5. The molecule has 0 spiro atoms. The fourth-order valence-corrected chi connectivity index (χ4v) is 2.40. The standard InChI is InChI=1S/C13H16FNO2/c1-2-17-12(16)8-13(15)6-5-9-7-10(14)3-4-11(9)13/h3-4,7H,2,5-6,8,15H2,1H3. The monoisotopic (exact) mass is 237 g/mol. The minimum absolute atomic E-state index is 0.152. The number of benzene rings is 1. The van der Waals surface area contributed by atoms with E-state index in [4.69, 9.17) is 10.5 Å². The zero-order valence-corrected chi connectivity index (χ0v) is 9.83. The van der Waals surface area contributed by atoms with Gasteiger partial charge in [-0.05, 0) is 43.0 Å². The van der Waals surface area contributed by atoms with Gasteiger partial charge in [0, 0.05) is 0 Å². The number of nitrogens with two attached hydrogens (primary N) is 1. The average Bonchev–Trinajstić information content (AvgIpc) is 2.56. The third kappa shape index (κ3) is 2.31. The Balaban J connectivity index is 2.22. The summed E-state index contributed by atoms with van der Waals surface area (Å²) in [5.74, 6) is -0.559. The molecular formula is C13H16FNO2. The van der Waals surface area contributed by atoms with Gasteiger partial charge in [0.2, 0.25) is 0 Å². The molecule has 4 heteroatoms. The van der Waals surface area contributed by atoms with Gasteiger partial charge in [-0.15, -0.1) is 0 Å². The third-order valence-corrected chi connectivity index (χ3v) is 3.21. The van der Waals surface area contributed by atoms with Crippen LogP contribution in [-0.4, -0.2) is 12.6 Å². The first-order chi connectivity index (χ1) is 8.05. The number of hydrogen-bond acceptors (Lipinski definition) is 3. The van der Waals surface area contributed by atoms with E-state index in [2.05, 4.69) is 0 Å². The number of ether oxygens (including phenoxy) is 1. The van der Waals surface area contributed by atoms with Crippen LogP contribution < -0.4 is 5.73 Å². The topological polar surface area (TPSA) is 52.3 Å². The summed E-state index contributed by atoms with van der Waals surface area (Å²) in [6.07, 6.45) is 1.52. The lowest BCUT2D eigenvalue weighted by Crippen LogP contribution is -2.37. The van der Waals surface area contributed by atoms with Crippen molar-refractivity contribution in [2.75, 3.05) is 6.61 Å². The molecule has 0 aromatic heterocycles. The number of rotatable bonds is 3. The Labute approximate surface area is 99.8 Å². The van der Waals surface area contributed by atoms with Crippen molar-refractivity contribution >= 4 is 5.97 Å². The predicted octanol–water partition coefficient (Wildman–Crippen LogP) is 1.88. The molecule has 1 aromatic rings. The highest BCUT2D eigenvalue weighted by molar-refractivity contribution is 5.71. The molecule has 1 atom stereocenters. The van der Waals surface area contributed by atoms with Gasteiger partial charge in [-0.2, -0.15) is 0 Å². The van der Waals surface area contributed by atoms with Gasteiger partial charge in [-0.3, -0.25) is 4.79 Å². The summed E-state index contributed by atoms with van der Waals surface area (Å²) in [5, 5.41) is 0. The van der Waals surface area contributed by atoms with Crippen molar-refractivity contribution in [3.63, 3.8) is 0 Å². The van der Waals surface area contributed by atoms with Crippen molar-refractivity contribution in [1.82, 2.24) is 0 Å². The van der Waals surface area contributed by atoms with E-state index in [1.54, 1.807) is 13.0 Å². The minimum atomic E-state index is -0.699. The Kier molecular flexibility index (Phi) is 3.15. The van der Waals surface area contributed by atoms with Crippen molar-refractivity contribution in [1.29, 1.82) is 0 Å². The number of carbonyl (C=O) groups excluding carboxylic acids is 1. The number of fused-ring (bicyclic) bond motifs is 1. The van der Waals surface area contributed by atoms with Gasteiger partial charge in [0.25, 0.3) is 0 Å². The average molecular weight is 237 g/mol. The maximum Gasteiger partial charge on any atom is 0.307 e. The molecule has 1 aliphatic carbocycles. The van der Waals surface area contributed by atoms with E-state index >= 15 is 0 Å². The molecule has 0 saturated heterocycles. The lowest BCUT2D eigenvalue weighted by Gasteiger charge is -2.24. The molecule has 1 aromatic carbocycles. The highest BCUT2D eigenvalue weighted by Crippen LogP contribution is 2.37. The van der Waals surface area contributed by atoms with E-state index in [0.717, 1.165) is 11.1 Å². The molecule has 1 aliphatic rings. The summed E-state index contributed by atoms with van der Waals surface area (Å²) in [6.45, 7) is 2.12. The van der Waals surface area contributed by atoms with Crippen LogP contribution in [0.1, 0.15) is 30.9 Å². The van der Waals surface area contributed by atoms with Crippen LogP contribution in [-0.2, 0) is 21.5 Å². The van der Waals surface area contributed by atoms with Crippen molar-refractivity contribution in [2.24, 2.45) is 5.73 Å².